The molecule has 0 unspecified atom stereocenters. The number of hydrogen-bond acceptors (Lipinski definition) is 7. The van der Waals surface area contributed by atoms with Gasteiger partial charge in [0, 0.05) is 35.0 Å². The molecule has 36 heavy (non-hydrogen) atoms. The summed E-state index contributed by atoms with van der Waals surface area (Å²) in [4.78, 5) is 9.70. The van der Waals surface area contributed by atoms with Gasteiger partial charge in [0.25, 0.3) is 0 Å². The number of pyridine rings is 1. The van der Waals surface area contributed by atoms with Gasteiger partial charge in [-0.15, -0.1) is 0 Å². The number of nitrogens with two attached hydrogens (primary N) is 1. The molecule has 0 radical (unpaired) electrons. The molecule has 8 nitrogen and oxygen atoms in total. The smallest absolute Gasteiger partial charge is 0.186 e. The molecular formula is C27H30N6O2S. The second-order valence-electron chi connectivity index (χ2n) is 9.99. The van der Waals surface area contributed by atoms with Crippen molar-refractivity contribution in [2.24, 2.45) is 0 Å². The van der Waals surface area contributed by atoms with Crippen molar-refractivity contribution in [1.82, 2.24) is 24.9 Å². The van der Waals surface area contributed by atoms with Crippen LogP contribution in [-0.4, -0.2) is 45.3 Å². The van der Waals surface area contributed by atoms with Crippen molar-refractivity contribution in [1.29, 1.82) is 0 Å². The van der Waals surface area contributed by atoms with Crippen molar-refractivity contribution in [2.45, 2.75) is 67.7 Å². The van der Waals surface area contributed by atoms with E-state index in [1.807, 2.05) is 42.5 Å². The Labute approximate surface area is 210 Å². The molecule has 4 heterocycles. The fraction of sp³-hybridized carbons (Fsp3) is 0.370. The lowest BCUT2D eigenvalue weighted by molar-refractivity contribution is 0.521. The number of nitrogen functional groups attached to an aromatic ring is 1. The predicted molar refractivity (Wildman–Crippen MR) is 140 cm³/mol. The Kier molecular flexibility index (Phi) is 5.76. The summed E-state index contributed by atoms with van der Waals surface area (Å²) in [5.74, 6) is 0.148. The molecular weight excluding hydrogens is 472 g/mol. The maximum Gasteiger partial charge on any atom is 0.186 e. The van der Waals surface area contributed by atoms with Gasteiger partial charge in [0.05, 0.1) is 22.8 Å². The quantitative estimate of drug-likeness (QED) is 0.392. The molecule has 2 aliphatic rings. The molecule has 4 aromatic rings. The Bertz CT molecular complexity index is 1510. The van der Waals surface area contributed by atoms with E-state index >= 15 is 0 Å². The van der Waals surface area contributed by atoms with Crippen molar-refractivity contribution in [3.8, 4) is 22.4 Å². The molecule has 1 aromatic carbocycles. The molecule has 3 aromatic heterocycles. The average Bonchev–Trinajstić information content (AvgIpc) is 3.55. The highest BCUT2D eigenvalue weighted by molar-refractivity contribution is 7.92. The largest absolute Gasteiger partial charge is 0.382 e. The Morgan fingerprint density at radius 2 is 1.83 bits per heavy atom. The van der Waals surface area contributed by atoms with Gasteiger partial charge < -0.3 is 11.1 Å². The number of benzene rings is 1. The standard InChI is InChI=1S/C27H30N6O2S/c1-17-7-9-20(31-17)10-14-24-25(36(34,35)21-11-12-21)26(28)33-27(32-24)22(16-30-33)19-8-13-23(29-15-19)18-5-3-2-4-6-18/h2-6,8,13,15-17,20-21,31H,7,9-12,14,28H2,1H3/t17-,20-/m1/s1. The van der Waals surface area contributed by atoms with E-state index in [1.54, 1.807) is 12.4 Å². The van der Waals surface area contributed by atoms with Gasteiger partial charge in [0.2, 0.25) is 0 Å². The monoisotopic (exact) mass is 502 g/mol. The van der Waals surface area contributed by atoms with Crippen LogP contribution in [-0.2, 0) is 16.3 Å². The lowest BCUT2D eigenvalue weighted by Crippen LogP contribution is -2.28. The van der Waals surface area contributed by atoms with E-state index in [-0.39, 0.29) is 16.0 Å². The second-order valence-corrected chi connectivity index (χ2v) is 12.2. The average molecular weight is 503 g/mol. The topological polar surface area (TPSA) is 115 Å². The summed E-state index contributed by atoms with van der Waals surface area (Å²) < 4.78 is 28.2. The number of nitrogens with one attached hydrogen (secondary N) is 1. The summed E-state index contributed by atoms with van der Waals surface area (Å²) in [5, 5.41) is 7.66. The van der Waals surface area contributed by atoms with Crippen LogP contribution in [0.3, 0.4) is 0 Å². The molecule has 1 saturated heterocycles. The molecule has 6 rings (SSSR count). The van der Waals surface area contributed by atoms with Crippen molar-refractivity contribution in [2.75, 3.05) is 5.73 Å². The Morgan fingerprint density at radius 1 is 1.03 bits per heavy atom. The summed E-state index contributed by atoms with van der Waals surface area (Å²) in [6, 6.07) is 14.8. The summed E-state index contributed by atoms with van der Waals surface area (Å²) >= 11 is 0. The number of hydrogen-bond donors (Lipinski definition) is 2. The minimum atomic E-state index is -3.55. The van der Waals surface area contributed by atoms with Crippen LogP contribution in [0.25, 0.3) is 28.0 Å². The maximum absolute atomic E-state index is 13.4. The van der Waals surface area contributed by atoms with E-state index in [0.717, 1.165) is 41.6 Å². The van der Waals surface area contributed by atoms with E-state index in [4.69, 9.17) is 10.7 Å². The molecule has 2 fully saturated rings. The Hall–Kier alpha value is -3.30. The van der Waals surface area contributed by atoms with Gasteiger partial charge in [0.1, 0.15) is 10.7 Å². The number of nitrogens with zero attached hydrogens (tertiary/aromatic N) is 4. The lowest BCUT2D eigenvalue weighted by atomic mass is 10.1. The van der Waals surface area contributed by atoms with Gasteiger partial charge in [-0.05, 0) is 51.5 Å². The van der Waals surface area contributed by atoms with E-state index in [2.05, 4.69) is 22.3 Å². The molecule has 0 spiro atoms. The van der Waals surface area contributed by atoms with Crippen molar-refractivity contribution in [3.63, 3.8) is 0 Å². The van der Waals surface area contributed by atoms with Crippen molar-refractivity contribution in [3.05, 3.63) is 60.6 Å². The summed E-state index contributed by atoms with van der Waals surface area (Å²) in [5.41, 5.74) is 11.2. The van der Waals surface area contributed by atoms with Gasteiger partial charge in [-0.3, -0.25) is 4.98 Å². The van der Waals surface area contributed by atoms with Crippen LogP contribution in [0.2, 0.25) is 0 Å². The van der Waals surface area contributed by atoms with Gasteiger partial charge >= 0.3 is 0 Å². The zero-order chi connectivity index (χ0) is 24.9. The van der Waals surface area contributed by atoms with Crippen molar-refractivity contribution < 1.29 is 8.42 Å². The van der Waals surface area contributed by atoms with Crippen LogP contribution in [0.1, 0.15) is 44.7 Å². The number of fused-ring (bicyclic) bond motifs is 1. The number of sulfone groups is 1. The van der Waals surface area contributed by atoms with Gasteiger partial charge in [-0.1, -0.05) is 36.4 Å². The molecule has 1 aliphatic heterocycles. The summed E-state index contributed by atoms with van der Waals surface area (Å²) in [6.07, 6.45) is 8.41. The first-order valence-corrected chi connectivity index (χ1v) is 14.1. The van der Waals surface area contributed by atoms with Crippen LogP contribution in [0.15, 0.2) is 59.8 Å². The molecule has 1 aliphatic carbocycles. The first-order valence-electron chi connectivity index (χ1n) is 12.6. The summed E-state index contributed by atoms with van der Waals surface area (Å²) in [7, 11) is -3.55. The number of rotatable bonds is 7. The predicted octanol–water partition coefficient (Wildman–Crippen LogP) is 4.05. The molecule has 2 atom stereocenters. The Balaban J connectivity index is 1.41. The lowest BCUT2D eigenvalue weighted by Gasteiger charge is -2.16. The van der Waals surface area contributed by atoms with Crippen LogP contribution in [0, 0.1) is 0 Å². The first-order chi connectivity index (χ1) is 17.4. The molecule has 0 amide bonds. The van der Waals surface area contributed by atoms with Crippen molar-refractivity contribution >= 4 is 21.3 Å². The highest BCUT2D eigenvalue weighted by atomic mass is 32.2. The highest BCUT2D eigenvalue weighted by Crippen LogP contribution is 2.39. The number of anilines is 1. The minimum absolute atomic E-state index is 0.148. The van der Waals surface area contributed by atoms with Crippen LogP contribution >= 0.6 is 0 Å². The molecule has 9 heteroatoms. The van der Waals surface area contributed by atoms with Crippen LogP contribution in [0.4, 0.5) is 5.82 Å². The number of aromatic nitrogens is 4. The maximum atomic E-state index is 13.4. The van der Waals surface area contributed by atoms with Crippen LogP contribution in [0.5, 0.6) is 0 Å². The van der Waals surface area contributed by atoms with E-state index in [1.165, 1.54) is 4.52 Å². The minimum Gasteiger partial charge on any atom is -0.382 e. The molecule has 0 bridgehead atoms. The SMILES string of the molecule is C[C@@H]1CC[C@H](CCc2nc3c(-c4ccc(-c5ccccc5)nc4)cnn3c(N)c2S(=O)(=O)C2CC2)N1. The number of aryl methyl sites for hydroxylation is 1. The van der Waals surface area contributed by atoms with E-state index < -0.39 is 9.84 Å². The fourth-order valence-electron chi connectivity index (χ4n) is 5.17. The zero-order valence-corrected chi connectivity index (χ0v) is 21.1. The second kappa shape index (κ2) is 8.97. The van der Waals surface area contributed by atoms with Gasteiger partial charge in [0.15, 0.2) is 15.5 Å². The van der Waals surface area contributed by atoms with E-state index in [9.17, 15) is 8.42 Å². The van der Waals surface area contributed by atoms with Gasteiger partial charge in [-0.25, -0.2) is 13.4 Å². The highest BCUT2D eigenvalue weighted by Gasteiger charge is 2.41. The molecule has 186 valence electrons. The Morgan fingerprint density at radius 3 is 2.50 bits per heavy atom. The fourth-order valence-corrected chi connectivity index (χ4v) is 7.11. The normalized spacial score (nSPS) is 20.2. The summed E-state index contributed by atoms with van der Waals surface area (Å²) in [6.45, 7) is 2.18. The van der Waals surface area contributed by atoms with Gasteiger partial charge in [-0.2, -0.15) is 9.61 Å². The van der Waals surface area contributed by atoms with E-state index in [0.29, 0.717) is 42.7 Å². The zero-order valence-electron chi connectivity index (χ0n) is 20.3. The van der Waals surface area contributed by atoms with Crippen LogP contribution < -0.4 is 11.1 Å². The third-order valence-electron chi connectivity index (χ3n) is 7.30. The molecule has 1 saturated carbocycles. The third kappa shape index (κ3) is 4.16. The molecule has 3 N–H and O–H groups in total. The first kappa shape index (κ1) is 23.1. The third-order valence-corrected chi connectivity index (χ3v) is 9.66.